The van der Waals surface area contributed by atoms with E-state index in [1.54, 1.807) is 0 Å². The van der Waals surface area contributed by atoms with Gasteiger partial charge in [0.1, 0.15) is 0 Å². The second-order valence-corrected chi connectivity index (χ2v) is 12.4. The highest BCUT2D eigenvalue weighted by Crippen LogP contribution is 2.39. The van der Waals surface area contributed by atoms with E-state index in [9.17, 15) is 0 Å². The SMILES string of the molecule is c1cc(-c2ccc(-c3ccc4sc5ccccc5c4c3)cc2)cc(-c2ccc3c4ccccc4c4ccccc4c3c2)c1. The molecule has 0 amide bonds. The zero-order chi connectivity index (χ0) is 28.3. The predicted molar refractivity (Wildman–Crippen MR) is 188 cm³/mol. The molecule has 0 saturated carbocycles. The highest BCUT2D eigenvalue weighted by atomic mass is 32.1. The van der Waals surface area contributed by atoms with E-state index in [1.807, 2.05) is 11.3 Å². The van der Waals surface area contributed by atoms with Crippen LogP contribution in [0.4, 0.5) is 0 Å². The molecule has 200 valence electrons. The summed E-state index contributed by atoms with van der Waals surface area (Å²) < 4.78 is 2.69. The molecule has 0 aliphatic carbocycles. The normalized spacial score (nSPS) is 11.7. The third kappa shape index (κ3) is 3.97. The standard InChI is InChI=1S/C42H26S/c1-2-12-35-33(10-1)34-11-3-4-13-36(34)39-25-32(20-22-37(35)39)30-9-7-8-29(24-30)27-16-18-28(19-17-27)31-21-23-42-40(26-31)38-14-5-6-15-41(38)43-42/h1-26H. The number of thiophene rings is 1. The van der Waals surface area contributed by atoms with Crippen molar-refractivity contribution in [2.75, 3.05) is 0 Å². The summed E-state index contributed by atoms with van der Waals surface area (Å²) in [5, 5.41) is 10.5. The Morgan fingerprint density at radius 2 is 0.651 bits per heavy atom. The van der Waals surface area contributed by atoms with Crippen LogP contribution in [0.15, 0.2) is 158 Å². The van der Waals surface area contributed by atoms with E-state index in [-0.39, 0.29) is 0 Å². The Balaban J connectivity index is 1.10. The third-order valence-electron chi connectivity index (χ3n) is 8.87. The molecule has 43 heavy (non-hydrogen) atoms. The smallest absolute Gasteiger partial charge is 0.0355 e. The average molecular weight is 563 g/mol. The van der Waals surface area contributed by atoms with Crippen LogP contribution in [0.25, 0.3) is 85.9 Å². The first kappa shape index (κ1) is 24.4. The number of benzene rings is 8. The van der Waals surface area contributed by atoms with E-state index >= 15 is 0 Å². The molecule has 9 aromatic rings. The van der Waals surface area contributed by atoms with Gasteiger partial charge in [0.05, 0.1) is 0 Å². The van der Waals surface area contributed by atoms with Crippen LogP contribution in [0, 0.1) is 0 Å². The van der Waals surface area contributed by atoms with Gasteiger partial charge in [-0.25, -0.2) is 0 Å². The van der Waals surface area contributed by atoms with Crippen molar-refractivity contribution in [1.82, 2.24) is 0 Å². The summed E-state index contributed by atoms with van der Waals surface area (Å²) in [6, 6.07) is 58.0. The minimum atomic E-state index is 1.23. The van der Waals surface area contributed by atoms with Gasteiger partial charge in [-0.1, -0.05) is 127 Å². The molecule has 1 heteroatoms. The molecule has 1 aromatic heterocycles. The Hall–Kier alpha value is -5.24. The topological polar surface area (TPSA) is 0 Å². The number of fused-ring (bicyclic) bond motifs is 9. The molecule has 0 fully saturated rings. The Kier molecular flexibility index (Phi) is 5.47. The summed E-state index contributed by atoms with van der Waals surface area (Å²) in [6.45, 7) is 0. The Bertz CT molecular complexity index is 2460. The number of rotatable bonds is 3. The van der Waals surface area contributed by atoms with E-state index in [0.29, 0.717) is 0 Å². The Morgan fingerprint density at radius 3 is 1.33 bits per heavy atom. The molecule has 0 N–H and O–H groups in total. The summed E-state index contributed by atoms with van der Waals surface area (Å²) >= 11 is 1.87. The molecule has 0 spiro atoms. The van der Waals surface area contributed by atoms with Gasteiger partial charge in [0.25, 0.3) is 0 Å². The van der Waals surface area contributed by atoms with E-state index in [4.69, 9.17) is 0 Å². The fraction of sp³-hybridized carbons (Fsp3) is 0. The number of hydrogen-bond acceptors (Lipinski definition) is 1. The van der Waals surface area contributed by atoms with E-state index in [0.717, 1.165) is 0 Å². The Labute approximate surface area is 254 Å². The lowest BCUT2D eigenvalue weighted by atomic mass is 9.91. The van der Waals surface area contributed by atoms with Crippen molar-refractivity contribution in [3.05, 3.63) is 158 Å². The first-order valence-corrected chi connectivity index (χ1v) is 15.6. The van der Waals surface area contributed by atoms with Gasteiger partial charge >= 0.3 is 0 Å². The summed E-state index contributed by atoms with van der Waals surface area (Å²) in [5.41, 5.74) is 7.42. The molecule has 0 bridgehead atoms. The molecule has 9 rings (SSSR count). The van der Waals surface area contributed by atoms with Crippen molar-refractivity contribution in [2.45, 2.75) is 0 Å². The van der Waals surface area contributed by atoms with Crippen LogP contribution in [0.2, 0.25) is 0 Å². The van der Waals surface area contributed by atoms with Crippen LogP contribution in [-0.2, 0) is 0 Å². The lowest BCUT2D eigenvalue weighted by molar-refractivity contribution is 1.59. The van der Waals surface area contributed by atoms with Crippen molar-refractivity contribution in [1.29, 1.82) is 0 Å². The summed E-state index contributed by atoms with van der Waals surface area (Å²) in [5.74, 6) is 0. The molecule has 0 aliphatic heterocycles. The monoisotopic (exact) mass is 562 g/mol. The lowest BCUT2D eigenvalue weighted by Crippen LogP contribution is -1.86. The summed E-state index contributed by atoms with van der Waals surface area (Å²) in [7, 11) is 0. The van der Waals surface area contributed by atoms with E-state index in [2.05, 4.69) is 158 Å². The van der Waals surface area contributed by atoms with Crippen molar-refractivity contribution in [3.8, 4) is 33.4 Å². The molecule has 0 atom stereocenters. The number of hydrogen-bond donors (Lipinski definition) is 0. The molecule has 0 aliphatic rings. The molecule has 0 unspecified atom stereocenters. The first-order valence-electron chi connectivity index (χ1n) is 14.8. The molecular formula is C42H26S. The van der Waals surface area contributed by atoms with Gasteiger partial charge in [0, 0.05) is 20.2 Å². The molecular weight excluding hydrogens is 537 g/mol. The average Bonchev–Trinajstić information content (AvgIpc) is 3.46. The van der Waals surface area contributed by atoms with Crippen LogP contribution in [-0.4, -0.2) is 0 Å². The van der Waals surface area contributed by atoms with Gasteiger partial charge in [0.2, 0.25) is 0 Å². The second-order valence-electron chi connectivity index (χ2n) is 11.3. The maximum Gasteiger partial charge on any atom is 0.0355 e. The minimum Gasteiger partial charge on any atom is -0.135 e. The van der Waals surface area contributed by atoms with Crippen LogP contribution >= 0.6 is 11.3 Å². The van der Waals surface area contributed by atoms with Gasteiger partial charge in [-0.15, -0.1) is 11.3 Å². The fourth-order valence-corrected chi connectivity index (χ4v) is 7.81. The zero-order valence-electron chi connectivity index (χ0n) is 23.4. The highest BCUT2D eigenvalue weighted by molar-refractivity contribution is 7.25. The largest absolute Gasteiger partial charge is 0.135 e. The second kappa shape index (κ2) is 9.66. The van der Waals surface area contributed by atoms with E-state index in [1.165, 1.54) is 85.9 Å². The molecule has 0 saturated heterocycles. The quantitative estimate of drug-likeness (QED) is 0.188. The van der Waals surface area contributed by atoms with Crippen molar-refractivity contribution in [3.63, 3.8) is 0 Å². The van der Waals surface area contributed by atoms with Gasteiger partial charge < -0.3 is 0 Å². The van der Waals surface area contributed by atoms with Crippen molar-refractivity contribution < 1.29 is 0 Å². The van der Waals surface area contributed by atoms with Crippen LogP contribution in [0.3, 0.4) is 0 Å². The summed E-state index contributed by atoms with van der Waals surface area (Å²) in [6.07, 6.45) is 0. The van der Waals surface area contributed by atoms with Gasteiger partial charge in [-0.2, -0.15) is 0 Å². The van der Waals surface area contributed by atoms with Crippen LogP contribution < -0.4 is 0 Å². The van der Waals surface area contributed by atoms with Crippen molar-refractivity contribution >= 4 is 63.8 Å². The zero-order valence-corrected chi connectivity index (χ0v) is 24.2. The van der Waals surface area contributed by atoms with E-state index < -0.39 is 0 Å². The van der Waals surface area contributed by atoms with Crippen LogP contribution in [0.5, 0.6) is 0 Å². The molecule has 8 aromatic carbocycles. The molecule has 0 nitrogen and oxygen atoms in total. The fourth-order valence-electron chi connectivity index (χ4n) is 6.73. The maximum absolute atomic E-state index is 2.37. The van der Waals surface area contributed by atoms with Gasteiger partial charge in [-0.3, -0.25) is 0 Å². The van der Waals surface area contributed by atoms with Crippen molar-refractivity contribution in [2.24, 2.45) is 0 Å². The van der Waals surface area contributed by atoms with Gasteiger partial charge in [-0.05, 0) is 96.0 Å². The molecule has 0 radical (unpaired) electrons. The summed E-state index contributed by atoms with van der Waals surface area (Å²) in [4.78, 5) is 0. The predicted octanol–water partition coefficient (Wildman–Crippen LogP) is 12.5. The maximum atomic E-state index is 2.37. The Morgan fingerprint density at radius 1 is 0.233 bits per heavy atom. The van der Waals surface area contributed by atoms with Crippen LogP contribution in [0.1, 0.15) is 0 Å². The third-order valence-corrected chi connectivity index (χ3v) is 10.0. The highest BCUT2D eigenvalue weighted by Gasteiger charge is 2.11. The first-order chi connectivity index (χ1) is 21.3. The van der Waals surface area contributed by atoms with Gasteiger partial charge in [0.15, 0.2) is 0 Å². The molecule has 1 heterocycles. The minimum absolute atomic E-state index is 1.23. The lowest BCUT2D eigenvalue weighted by Gasteiger charge is -2.12.